The molecule has 0 aromatic heterocycles. The Bertz CT molecular complexity index is 391. The summed E-state index contributed by atoms with van der Waals surface area (Å²) in [6, 6.07) is 4.57. The van der Waals surface area contributed by atoms with Crippen molar-refractivity contribution in [2.45, 2.75) is 38.1 Å². The van der Waals surface area contributed by atoms with E-state index in [1.54, 1.807) is 13.2 Å². The molecule has 1 fully saturated rings. The largest absolute Gasteiger partial charge is 0.496 e. The van der Waals surface area contributed by atoms with E-state index in [1.807, 2.05) is 0 Å². The maximum atomic E-state index is 13.4. The smallest absolute Gasteiger partial charge is 0.123 e. The van der Waals surface area contributed by atoms with Crippen LogP contribution in [-0.2, 0) is 0 Å². The van der Waals surface area contributed by atoms with Crippen LogP contribution in [0.3, 0.4) is 0 Å². The van der Waals surface area contributed by atoms with Crippen molar-refractivity contribution >= 4 is 0 Å². The number of benzene rings is 1. The molecule has 0 radical (unpaired) electrons. The maximum Gasteiger partial charge on any atom is 0.123 e. The highest BCUT2D eigenvalue weighted by atomic mass is 19.1. The third kappa shape index (κ3) is 2.82. The molecule has 1 saturated carbocycles. The van der Waals surface area contributed by atoms with Crippen molar-refractivity contribution in [2.75, 3.05) is 7.11 Å². The van der Waals surface area contributed by atoms with E-state index in [0.717, 1.165) is 18.4 Å². The molecule has 1 aliphatic rings. The number of halogens is 1. The molecule has 0 aliphatic heterocycles. The van der Waals surface area contributed by atoms with E-state index in [-0.39, 0.29) is 11.9 Å². The molecule has 100 valence electrons. The zero-order valence-corrected chi connectivity index (χ0v) is 10.8. The van der Waals surface area contributed by atoms with Gasteiger partial charge in [0.15, 0.2) is 0 Å². The molecule has 1 aromatic carbocycles. The van der Waals surface area contributed by atoms with E-state index < -0.39 is 0 Å². The number of hydrogen-bond acceptors (Lipinski definition) is 3. The van der Waals surface area contributed by atoms with Gasteiger partial charge in [0.05, 0.1) is 13.2 Å². The Kier molecular flexibility index (Phi) is 4.55. The Balaban J connectivity index is 2.27. The lowest BCUT2D eigenvalue weighted by Crippen LogP contribution is -2.34. The van der Waals surface area contributed by atoms with Crippen LogP contribution in [-0.4, -0.2) is 7.11 Å². The van der Waals surface area contributed by atoms with Crippen LogP contribution in [0.1, 0.15) is 43.7 Å². The number of nitrogens with two attached hydrogens (primary N) is 1. The lowest BCUT2D eigenvalue weighted by Gasteiger charge is -2.30. The Labute approximate surface area is 107 Å². The molecule has 1 atom stereocenters. The van der Waals surface area contributed by atoms with Gasteiger partial charge in [-0.3, -0.25) is 11.3 Å². The number of ether oxygens (including phenoxy) is 1. The van der Waals surface area contributed by atoms with Crippen molar-refractivity contribution in [3.8, 4) is 5.75 Å². The Morgan fingerprint density at radius 3 is 2.67 bits per heavy atom. The average molecular weight is 252 g/mol. The van der Waals surface area contributed by atoms with Crippen molar-refractivity contribution < 1.29 is 9.13 Å². The number of hydrazine groups is 1. The molecule has 1 aromatic rings. The summed E-state index contributed by atoms with van der Waals surface area (Å²) in [4.78, 5) is 0. The van der Waals surface area contributed by atoms with Crippen LogP contribution >= 0.6 is 0 Å². The summed E-state index contributed by atoms with van der Waals surface area (Å²) in [5.41, 5.74) is 3.67. The van der Waals surface area contributed by atoms with Gasteiger partial charge >= 0.3 is 0 Å². The zero-order valence-electron chi connectivity index (χ0n) is 10.8. The van der Waals surface area contributed by atoms with Gasteiger partial charge in [0.1, 0.15) is 11.6 Å². The summed E-state index contributed by atoms with van der Waals surface area (Å²) in [5, 5.41) is 0. The number of hydrogen-bond donors (Lipinski definition) is 2. The summed E-state index contributed by atoms with van der Waals surface area (Å²) in [6.07, 6.45) is 6.00. The first-order valence-corrected chi connectivity index (χ1v) is 6.56. The van der Waals surface area contributed by atoms with E-state index in [0.29, 0.717) is 11.7 Å². The number of methoxy groups -OCH3 is 1. The lowest BCUT2D eigenvalue weighted by atomic mass is 9.81. The molecule has 18 heavy (non-hydrogen) atoms. The third-order valence-corrected chi connectivity index (χ3v) is 3.83. The summed E-state index contributed by atoms with van der Waals surface area (Å²) >= 11 is 0. The fraction of sp³-hybridized carbons (Fsp3) is 0.571. The average Bonchev–Trinajstić information content (AvgIpc) is 2.41. The van der Waals surface area contributed by atoms with Crippen molar-refractivity contribution in [3.63, 3.8) is 0 Å². The summed E-state index contributed by atoms with van der Waals surface area (Å²) < 4.78 is 18.7. The second-order valence-corrected chi connectivity index (χ2v) is 4.93. The molecule has 0 heterocycles. The predicted octanol–water partition coefficient (Wildman–Crippen LogP) is 2.92. The summed E-state index contributed by atoms with van der Waals surface area (Å²) in [5.74, 6) is 6.59. The van der Waals surface area contributed by atoms with Gasteiger partial charge in [-0.2, -0.15) is 0 Å². The topological polar surface area (TPSA) is 47.3 Å². The molecule has 0 saturated heterocycles. The molecule has 1 aliphatic carbocycles. The van der Waals surface area contributed by atoms with E-state index in [9.17, 15) is 4.39 Å². The van der Waals surface area contributed by atoms with Gasteiger partial charge < -0.3 is 4.74 Å². The summed E-state index contributed by atoms with van der Waals surface area (Å²) in [6.45, 7) is 0. The SMILES string of the molecule is COc1ccc(F)cc1C(NN)C1CCCCC1. The van der Waals surface area contributed by atoms with Crippen molar-refractivity contribution in [2.24, 2.45) is 11.8 Å². The molecule has 2 rings (SSSR count). The highest BCUT2D eigenvalue weighted by Gasteiger charge is 2.26. The fourth-order valence-electron chi connectivity index (χ4n) is 2.90. The normalized spacial score (nSPS) is 18.6. The van der Waals surface area contributed by atoms with Crippen LogP contribution in [0, 0.1) is 11.7 Å². The second kappa shape index (κ2) is 6.16. The maximum absolute atomic E-state index is 13.4. The van der Waals surface area contributed by atoms with Gasteiger partial charge in [-0.1, -0.05) is 19.3 Å². The van der Waals surface area contributed by atoms with Gasteiger partial charge in [0.25, 0.3) is 0 Å². The first kappa shape index (κ1) is 13.3. The summed E-state index contributed by atoms with van der Waals surface area (Å²) in [7, 11) is 1.60. The van der Waals surface area contributed by atoms with Crippen LogP contribution in [0.2, 0.25) is 0 Å². The lowest BCUT2D eigenvalue weighted by molar-refractivity contribution is 0.267. The molecule has 4 heteroatoms. The van der Waals surface area contributed by atoms with Crippen LogP contribution < -0.4 is 16.0 Å². The molecule has 0 amide bonds. The van der Waals surface area contributed by atoms with Crippen molar-refractivity contribution in [1.29, 1.82) is 0 Å². The van der Waals surface area contributed by atoms with E-state index in [1.165, 1.54) is 31.4 Å². The van der Waals surface area contributed by atoms with Crippen LogP contribution in [0.25, 0.3) is 0 Å². The van der Waals surface area contributed by atoms with Gasteiger partial charge in [-0.25, -0.2) is 4.39 Å². The minimum absolute atomic E-state index is 0.0315. The van der Waals surface area contributed by atoms with E-state index in [2.05, 4.69) is 5.43 Å². The first-order chi connectivity index (χ1) is 8.76. The minimum Gasteiger partial charge on any atom is -0.496 e. The molecule has 1 unspecified atom stereocenters. The highest BCUT2D eigenvalue weighted by molar-refractivity contribution is 5.37. The van der Waals surface area contributed by atoms with Gasteiger partial charge in [0.2, 0.25) is 0 Å². The Morgan fingerprint density at radius 2 is 2.06 bits per heavy atom. The first-order valence-electron chi connectivity index (χ1n) is 6.56. The van der Waals surface area contributed by atoms with Gasteiger partial charge in [-0.05, 0) is 37.0 Å². The molecular formula is C14H21FN2O. The molecule has 3 N–H and O–H groups in total. The molecule has 0 bridgehead atoms. The van der Waals surface area contributed by atoms with Crippen LogP contribution in [0.15, 0.2) is 18.2 Å². The van der Waals surface area contributed by atoms with Crippen molar-refractivity contribution in [1.82, 2.24) is 5.43 Å². The zero-order chi connectivity index (χ0) is 13.0. The van der Waals surface area contributed by atoms with E-state index in [4.69, 9.17) is 10.6 Å². The highest BCUT2D eigenvalue weighted by Crippen LogP contribution is 2.37. The molecule has 0 spiro atoms. The standard InChI is InChI=1S/C14H21FN2O/c1-18-13-8-7-11(15)9-12(13)14(17-16)10-5-3-2-4-6-10/h7-10,14,17H,2-6,16H2,1H3. The van der Waals surface area contributed by atoms with Gasteiger partial charge in [0, 0.05) is 5.56 Å². The number of rotatable bonds is 4. The van der Waals surface area contributed by atoms with Crippen LogP contribution in [0.4, 0.5) is 4.39 Å². The number of nitrogens with one attached hydrogen (secondary N) is 1. The Hall–Kier alpha value is -1.13. The minimum atomic E-state index is -0.248. The monoisotopic (exact) mass is 252 g/mol. The predicted molar refractivity (Wildman–Crippen MR) is 69.6 cm³/mol. The Morgan fingerprint density at radius 1 is 1.33 bits per heavy atom. The quantitative estimate of drug-likeness (QED) is 0.640. The fourth-order valence-corrected chi connectivity index (χ4v) is 2.90. The third-order valence-electron chi connectivity index (χ3n) is 3.83. The van der Waals surface area contributed by atoms with Crippen LogP contribution in [0.5, 0.6) is 5.75 Å². The molecular weight excluding hydrogens is 231 g/mol. The van der Waals surface area contributed by atoms with Crippen molar-refractivity contribution in [3.05, 3.63) is 29.6 Å². The molecule has 3 nitrogen and oxygen atoms in total. The van der Waals surface area contributed by atoms with Gasteiger partial charge in [-0.15, -0.1) is 0 Å². The second-order valence-electron chi connectivity index (χ2n) is 4.93. The van der Waals surface area contributed by atoms with E-state index >= 15 is 0 Å².